The summed E-state index contributed by atoms with van der Waals surface area (Å²) in [6, 6.07) is 0. The molecule has 5 heteroatoms. The molecule has 0 fully saturated rings. The summed E-state index contributed by atoms with van der Waals surface area (Å²) in [6.45, 7) is 0. The largest absolute Gasteiger partial charge is 4.00 e. The van der Waals surface area contributed by atoms with Crippen LogP contribution in [0.3, 0.4) is 0 Å². The van der Waals surface area contributed by atoms with Gasteiger partial charge in [-0.2, -0.15) is 0 Å². The smallest absolute Gasteiger partial charge is 1.00 e. The van der Waals surface area contributed by atoms with E-state index in [-0.39, 0.29) is 82.7 Å². The molecule has 0 aromatic carbocycles. The third kappa shape index (κ3) is 21.6. The fourth-order valence-electron chi connectivity index (χ4n) is 0. The van der Waals surface area contributed by atoms with Gasteiger partial charge in [-0.3, -0.25) is 0 Å². The van der Waals surface area contributed by atoms with E-state index >= 15 is 0 Å². The molecule has 32 valence electrons. The molecule has 0 aliphatic carbocycles. The third-order valence-electron chi connectivity index (χ3n) is 0. The zero-order chi connectivity index (χ0) is 0. The molecule has 0 heterocycles. The first-order chi connectivity index (χ1) is 0. The van der Waals surface area contributed by atoms with Gasteiger partial charge < -0.3 is 61.0 Å². The van der Waals surface area contributed by atoms with Crippen molar-refractivity contribution < 1.29 is 55.7 Å². The van der Waals surface area contributed by atoms with Crippen molar-refractivity contribution in [2.24, 2.45) is 0 Å². The summed E-state index contributed by atoms with van der Waals surface area (Å²) >= 11 is 0. The summed E-state index contributed by atoms with van der Waals surface area (Å²) in [6.07, 6.45) is 0. The van der Waals surface area contributed by atoms with Crippen molar-refractivity contribution in [1.82, 2.24) is 0 Å². The fraction of sp³-hybridized carbons (Fsp3) is 0. The molecule has 5 heavy (non-hydrogen) atoms. The van der Waals surface area contributed by atoms with Gasteiger partial charge in [0.1, 0.15) is 0 Å². The predicted molar refractivity (Wildman–Crippen MR) is 17.5 cm³/mol. The average molecular weight is 274 g/mol. The summed E-state index contributed by atoms with van der Waals surface area (Å²) in [4.78, 5) is 0. The molecule has 0 N–H and O–H groups in total. The van der Waals surface area contributed by atoms with Gasteiger partial charge in [0.05, 0.1) is 0 Å². The summed E-state index contributed by atoms with van der Waals surface area (Å²) in [5, 5.41) is 0. The van der Waals surface area contributed by atoms with Gasteiger partial charge in [-0.05, 0) is 0 Å². The molecule has 0 unspecified atom stereocenters. The van der Waals surface area contributed by atoms with Gasteiger partial charge >= 0.3 is 21.7 Å². The monoisotopic (exact) mass is 272 g/mol. The Morgan fingerprint density at radius 2 is 0.600 bits per heavy atom. The van der Waals surface area contributed by atoms with E-state index < -0.39 is 0 Å². The van der Waals surface area contributed by atoms with E-state index in [9.17, 15) is 0 Å². The van der Waals surface area contributed by atoms with E-state index in [2.05, 4.69) is 0 Å². The van der Waals surface area contributed by atoms with Crippen LogP contribution in [0.15, 0.2) is 0 Å². The van der Waals surface area contributed by atoms with Crippen LogP contribution >= 0.6 is 0 Å². The Morgan fingerprint density at radius 1 is 0.600 bits per heavy atom. The maximum atomic E-state index is 0. The molecule has 0 rings (SSSR count). The quantitative estimate of drug-likeness (QED) is 0.245. The minimum absolute atomic E-state index is 0. The van der Waals surface area contributed by atoms with Gasteiger partial charge in [0.2, 0.25) is 0 Å². The second kappa shape index (κ2) is 32.7. The molecule has 0 bridgehead atoms. The van der Waals surface area contributed by atoms with Crippen LogP contribution in [0.1, 0.15) is 0 Å². The molecule has 0 aliphatic heterocycles. The molecule has 0 spiro atoms. The molecule has 0 amide bonds. The van der Waals surface area contributed by atoms with Gasteiger partial charge in [0, 0.05) is 0 Å². The van der Waals surface area contributed by atoms with Crippen molar-refractivity contribution in [3.8, 4) is 0 Å². The Morgan fingerprint density at radius 3 is 0.600 bits per heavy atom. The standard InChI is InChI=1S/2BrH.2H2S.Ti/h2*1H;2*1H2;/q;;;;+4/p-4. The van der Waals surface area contributed by atoms with Gasteiger partial charge in [-0.1, -0.05) is 0 Å². The maximum absolute atomic E-state index is 0. The van der Waals surface area contributed by atoms with E-state index in [0.29, 0.717) is 0 Å². The minimum Gasteiger partial charge on any atom is -1.00 e. The van der Waals surface area contributed by atoms with E-state index in [1.54, 1.807) is 0 Å². The Kier molecular flexibility index (Phi) is 347. The van der Waals surface area contributed by atoms with E-state index in [1.807, 2.05) is 0 Å². The SMILES string of the molecule is [Br-].[Br-].[SH-].[SH-].[Ti+4]. The molecule has 0 aromatic rings. The van der Waals surface area contributed by atoms with E-state index in [1.165, 1.54) is 0 Å². The Balaban J connectivity index is 0. The van der Waals surface area contributed by atoms with Gasteiger partial charge in [0.25, 0.3) is 0 Å². The summed E-state index contributed by atoms with van der Waals surface area (Å²) in [7, 11) is 0. The Bertz CT molecular complexity index is 7.61. The van der Waals surface area contributed by atoms with Gasteiger partial charge in [-0.25, -0.2) is 0 Å². The summed E-state index contributed by atoms with van der Waals surface area (Å²) in [5.41, 5.74) is 0. The average Bonchev–Trinajstić information content (AvgIpc) is 0. The molecule has 0 radical (unpaired) electrons. The second-order valence-electron chi connectivity index (χ2n) is 0. The molecule has 0 atom stereocenters. The molecule has 0 nitrogen and oxygen atoms in total. The number of hydrogen-bond donors (Lipinski definition) is 0. The minimum atomic E-state index is 0. The van der Waals surface area contributed by atoms with Crippen molar-refractivity contribution >= 4 is 27.0 Å². The van der Waals surface area contributed by atoms with Crippen LogP contribution in [-0.4, -0.2) is 0 Å². The number of hydrogen-bond acceptors (Lipinski definition) is 2. The first-order valence-corrected chi connectivity index (χ1v) is 0. The Hall–Kier alpha value is 2.37. The van der Waals surface area contributed by atoms with Crippen molar-refractivity contribution in [3.63, 3.8) is 0 Å². The van der Waals surface area contributed by atoms with Crippen LogP contribution in [0.25, 0.3) is 0 Å². The van der Waals surface area contributed by atoms with Crippen LogP contribution in [0.4, 0.5) is 0 Å². The normalized spacial score (nSPS) is 0. The van der Waals surface area contributed by atoms with Crippen LogP contribution < -0.4 is 34.0 Å². The van der Waals surface area contributed by atoms with Crippen LogP contribution in [0.2, 0.25) is 0 Å². The first kappa shape index (κ1) is 53.2. The van der Waals surface area contributed by atoms with Gasteiger partial charge in [-0.15, -0.1) is 0 Å². The molecule has 0 saturated heterocycles. The molecule has 0 aliphatic rings. The Labute approximate surface area is 81.8 Å². The van der Waals surface area contributed by atoms with E-state index in [4.69, 9.17) is 0 Å². The van der Waals surface area contributed by atoms with Crippen LogP contribution in [0.5, 0.6) is 0 Å². The third-order valence-corrected chi connectivity index (χ3v) is 0. The van der Waals surface area contributed by atoms with Crippen molar-refractivity contribution in [2.75, 3.05) is 0 Å². The zero-order valence-corrected chi connectivity index (χ0v) is 8.67. The predicted octanol–water partition coefficient (Wildman–Crippen LogP) is -6.53. The first-order valence-electron chi connectivity index (χ1n) is 0. The van der Waals surface area contributed by atoms with Crippen molar-refractivity contribution in [3.05, 3.63) is 0 Å². The van der Waals surface area contributed by atoms with Crippen molar-refractivity contribution in [2.45, 2.75) is 0 Å². The topological polar surface area (TPSA) is 0 Å². The second-order valence-corrected chi connectivity index (χ2v) is 0. The number of halogens is 2. The fourth-order valence-corrected chi connectivity index (χ4v) is 0. The van der Waals surface area contributed by atoms with Crippen LogP contribution in [-0.2, 0) is 48.7 Å². The molecule has 0 saturated carbocycles. The molecular formula is H2Br2S2Ti. The van der Waals surface area contributed by atoms with Gasteiger partial charge in [0.15, 0.2) is 0 Å². The van der Waals surface area contributed by atoms with Crippen LogP contribution in [0, 0.1) is 0 Å². The van der Waals surface area contributed by atoms with Crippen molar-refractivity contribution in [1.29, 1.82) is 0 Å². The maximum Gasteiger partial charge on any atom is 4.00 e. The van der Waals surface area contributed by atoms with E-state index in [0.717, 1.165) is 0 Å². The summed E-state index contributed by atoms with van der Waals surface area (Å²) < 4.78 is 0. The molecular weight excluding hydrogens is 272 g/mol. The number of thiol groups is 2. The zero-order valence-electron chi connectivity index (χ0n) is 2.15. The number of rotatable bonds is 0. The summed E-state index contributed by atoms with van der Waals surface area (Å²) in [5.74, 6) is 0. The molecule has 0 aromatic heterocycles.